The minimum absolute atomic E-state index is 0.170. The molecule has 0 unspecified atom stereocenters. The monoisotopic (exact) mass is 254 g/mol. The number of benzene rings is 1. The van der Waals surface area contributed by atoms with E-state index in [1.54, 1.807) is 6.92 Å². The summed E-state index contributed by atoms with van der Waals surface area (Å²) in [5.74, 6) is 6.43. The molecule has 0 aliphatic heterocycles. The Kier molecular flexibility index (Phi) is 7.35. The molecule has 0 atom stereocenters. The van der Waals surface area contributed by atoms with E-state index in [4.69, 9.17) is 0 Å². The van der Waals surface area contributed by atoms with Crippen molar-refractivity contribution in [2.24, 2.45) is 0 Å². The number of allylic oxidation sites excluding steroid dienone is 2. The molecule has 0 aliphatic rings. The molecule has 1 aromatic rings. The van der Waals surface area contributed by atoms with Crippen LogP contribution in [0, 0.1) is 11.8 Å². The van der Waals surface area contributed by atoms with Crippen LogP contribution < -0.4 is 0 Å². The van der Waals surface area contributed by atoms with Crippen LogP contribution >= 0.6 is 0 Å². The minimum atomic E-state index is 0.170. The lowest BCUT2D eigenvalue weighted by atomic mass is 10.1. The van der Waals surface area contributed by atoms with E-state index in [0.29, 0.717) is 6.42 Å². The van der Waals surface area contributed by atoms with Crippen molar-refractivity contribution in [2.45, 2.75) is 46.0 Å². The van der Waals surface area contributed by atoms with Gasteiger partial charge in [-0.1, -0.05) is 55.9 Å². The van der Waals surface area contributed by atoms with Crippen LogP contribution in [0.15, 0.2) is 42.0 Å². The summed E-state index contributed by atoms with van der Waals surface area (Å²) in [4.78, 5) is 11.2. The molecule has 0 saturated heterocycles. The summed E-state index contributed by atoms with van der Waals surface area (Å²) in [6, 6.07) is 9.88. The van der Waals surface area contributed by atoms with E-state index >= 15 is 0 Å². The molecule has 0 saturated carbocycles. The van der Waals surface area contributed by atoms with Crippen molar-refractivity contribution < 1.29 is 4.79 Å². The van der Waals surface area contributed by atoms with Crippen molar-refractivity contribution in [2.75, 3.05) is 0 Å². The van der Waals surface area contributed by atoms with Gasteiger partial charge in [-0.25, -0.2) is 0 Å². The number of ketones is 1. The van der Waals surface area contributed by atoms with Gasteiger partial charge < -0.3 is 0 Å². The molecule has 0 amide bonds. The maximum Gasteiger partial charge on any atom is 0.134 e. The third-order valence-corrected chi connectivity index (χ3v) is 2.78. The summed E-state index contributed by atoms with van der Waals surface area (Å²) >= 11 is 0. The van der Waals surface area contributed by atoms with Crippen LogP contribution in [0.1, 0.15) is 51.5 Å². The Labute approximate surface area is 116 Å². The largest absolute Gasteiger partial charge is 0.300 e. The van der Waals surface area contributed by atoms with Gasteiger partial charge in [0, 0.05) is 17.6 Å². The zero-order valence-electron chi connectivity index (χ0n) is 11.9. The van der Waals surface area contributed by atoms with E-state index < -0.39 is 0 Å². The molecule has 1 aromatic carbocycles. The summed E-state index contributed by atoms with van der Waals surface area (Å²) < 4.78 is 0. The number of unbranched alkanes of at least 4 members (excludes halogenated alkanes) is 3. The number of carbonyl (C=O) groups is 1. The van der Waals surface area contributed by atoms with E-state index in [1.807, 2.05) is 30.3 Å². The standard InChI is InChI=1S/C18H22O/c1-3-4-5-7-12-18(15-16(2)19)14-13-17-10-8-6-9-11-17/h6,8-12H,3-5,7,15H2,1-2H3/b18-12-. The molecule has 0 bridgehead atoms. The predicted octanol–water partition coefficient (Wildman–Crippen LogP) is 4.52. The first kappa shape index (κ1) is 15.2. The molecule has 0 aromatic heterocycles. The summed E-state index contributed by atoms with van der Waals surface area (Å²) in [5, 5.41) is 0. The summed E-state index contributed by atoms with van der Waals surface area (Å²) in [7, 11) is 0. The van der Waals surface area contributed by atoms with E-state index in [2.05, 4.69) is 24.8 Å². The lowest BCUT2D eigenvalue weighted by molar-refractivity contribution is -0.116. The first-order valence-corrected chi connectivity index (χ1v) is 6.98. The number of carbonyl (C=O) groups excluding carboxylic acids is 1. The van der Waals surface area contributed by atoms with E-state index in [0.717, 1.165) is 17.6 Å². The highest BCUT2D eigenvalue weighted by Crippen LogP contribution is 2.07. The van der Waals surface area contributed by atoms with Gasteiger partial charge in [0.15, 0.2) is 0 Å². The Morgan fingerprint density at radius 3 is 2.58 bits per heavy atom. The molecule has 19 heavy (non-hydrogen) atoms. The fraction of sp³-hybridized carbons (Fsp3) is 0.389. The zero-order valence-corrected chi connectivity index (χ0v) is 11.9. The Morgan fingerprint density at radius 1 is 1.21 bits per heavy atom. The van der Waals surface area contributed by atoms with Gasteiger partial charge >= 0.3 is 0 Å². The van der Waals surface area contributed by atoms with E-state index in [1.165, 1.54) is 19.3 Å². The highest BCUT2D eigenvalue weighted by Gasteiger charge is 1.98. The SMILES string of the molecule is CCCCC/C=C(/C#Cc1ccccc1)CC(C)=O. The first-order valence-electron chi connectivity index (χ1n) is 6.98. The number of hydrogen-bond donors (Lipinski definition) is 0. The van der Waals surface area contributed by atoms with E-state index in [-0.39, 0.29) is 5.78 Å². The molecule has 1 heteroatoms. The fourth-order valence-corrected chi connectivity index (χ4v) is 1.78. The Morgan fingerprint density at radius 2 is 1.95 bits per heavy atom. The smallest absolute Gasteiger partial charge is 0.134 e. The Hall–Kier alpha value is -1.81. The second kappa shape index (κ2) is 9.16. The minimum Gasteiger partial charge on any atom is -0.300 e. The lowest BCUT2D eigenvalue weighted by Crippen LogP contribution is -1.92. The summed E-state index contributed by atoms with van der Waals surface area (Å²) in [6.07, 6.45) is 7.20. The normalized spacial score (nSPS) is 10.7. The van der Waals surface area contributed by atoms with Gasteiger partial charge in [0.25, 0.3) is 0 Å². The van der Waals surface area contributed by atoms with Crippen molar-refractivity contribution in [3.05, 3.63) is 47.5 Å². The topological polar surface area (TPSA) is 17.1 Å². The Balaban J connectivity index is 2.69. The van der Waals surface area contributed by atoms with Crippen LogP contribution in [-0.2, 0) is 4.79 Å². The maximum atomic E-state index is 11.2. The third-order valence-electron chi connectivity index (χ3n) is 2.78. The molecular weight excluding hydrogens is 232 g/mol. The van der Waals surface area contributed by atoms with Gasteiger partial charge in [-0.3, -0.25) is 4.79 Å². The van der Waals surface area contributed by atoms with Crippen LogP contribution in [0.3, 0.4) is 0 Å². The molecule has 0 fully saturated rings. The average molecular weight is 254 g/mol. The number of rotatable bonds is 6. The molecule has 0 heterocycles. The molecule has 0 spiro atoms. The zero-order chi connectivity index (χ0) is 13.9. The van der Waals surface area contributed by atoms with Gasteiger partial charge in [0.05, 0.1) is 0 Å². The third kappa shape index (κ3) is 7.26. The second-order valence-electron chi connectivity index (χ2n) is 4.72. The average Bonchev–Trinajstić information content (AvgIpc) is 2.41. The van der Waals surface area contributed by atoms with Gasteiger partial charge in [-0.2, -0.15) is 0 Å². The number of Topliss-reactive ketones (excluding diaryl/α,β-unsaturated/α-hetero) is 1. The molecule has 0 radical (unpaired) electrons. The fourth-order valence-electron chi connectivity index (χ4n) is 1.78. The molecule has 1 nitrogen and oxygen atoms in total. The highest BCUT2D eigenvalue weighted by molar-refractivity contribution is 5.79. The van der Waals surface area contributed by atoms with Crippen molar-refractivity contribution >= 4 is 5.78 Å². The Bertz CT molecular complexity index is 471. The predicted molar refractivity (Wildman–Crippen MR) is 80.8 cm³/mol. The van der Waals surface area contributed by atoms with Crippen molar-refractivity contribution in [1.82, 2.24) is 0 Å². The summed E-state index contributed by atoms with van der Waals surface area (Å²) in [6.45, 7) is 3.81. The second-order valence-corrected chi connectivity index (χ2v) is 4.72. The van der Waals surface area contributed by atoms with Crippen LogP contribution in [0.25, 0.3) is 0 Å². The van der Waals surface area contributed by atoms with Crippen molar-refractivity contribution in [1.29, 1.82) is 0 Å². The quantitative estimate of drug-likeness (QED) is 0.538. The molecular formula is C18H22O. The summed E-state index contributed by atoms with van der Waals surface area (Å²) in [5.41, 5.74) is 1.94. The van der Waals surface area contributed by atoms with Crippen LogP contribution in [0.5, 0.6) is 0 Å². The molecule has 1 rings (SSSR count). The van der Waals surface area contributed by atoms with Crippen molar-refractivity contribution in [3.63, 3.8) is 0 Å². The van der Waals surface area contributed by atoms with Gasteiger partial charge in [0.2, 0.25) is 0 Å². The van der Waals surface area contributed by atoms with Crippen LogP contribution in [0.2, 0.25) is 0 Å². The van der Waals surface area contributed by atoms with Gasteiger partial charge in [0.1, 0.15) is 5.78 Å². The van der Waals surface area contributed by atoms with Crippen molar-refractivity contribution in [3.8, 4) is 11.8 Å². The maximum absolute atomic E-state index is 11.2. The van der Waals surface area contributed by atoms with Crippen LogP contribution in [-0.4, -0.2) is 5.78 Å². The highest BCUT2D eigenvalue weighted by atomic mass is 16.1. The van der Waals surface area contributed by atoms with Crippen LogP contribution in [0.4, 0.5) is 0 Å². The van der Waals surface area contributed by atoms with E-state index in [9.17, 15) is 4.79 Å². The van der Waals surface area contributed by atoms with Gasteiger partial charge in [-0.15, -0.1) is 0 Å². The lowest BCUT2D eigenvalue weighted by Gasteiger charge is -1.97. The van der Waals surface area contributed by atoms with Gasteiger partial charge in [-0.05, 0) is 31.9 Å². The molecule has 100 valence electrons. The number of hydrogen-bond acceptors (Lipinski definition) is 1. The first-order chi connectivity index (χ1) is 9.22. The molecule has 0 N–H and O–H groups in total. The molecule has 0 aliphatic carbocycles.